The molecule has 4 heteroatoms. The molecule has 0 aliphatic heterocycles. The summed E-state index contributed by atoms with van der Waals surface area (Å²) < 4.78 is 0. The molecule has 1 rings (SSSR count). The molecule has 0 aliphatic carbocycles. The fourth-order valence-corrected chi connectivity index (χ4v) is 2.02. The molecule has 106 valence electrons. The number of hydrogen-bond donors (Lipinski definition) is 2. The maximum Gasteiger partial charge on any atom is 0.237 e. The number of amides is 1. The molecule has 0 aromatic heterocycles. The van der Waals surface area contributed by atoms with Crippen LogP contribution in [0.15, 0.2) is 24.3 Å². The first-order valence-corrected chi connectivity index (χ1v) is 7.18. The molecule has 0 bridgehead atoms. The molecule has 0 saturated carbocycles. The fraction of sp³-hybridized carbons (Fsp3) is 0.533. The summed E-state index contributed by atoms with van der Waals surface area (Å²) >= 11 is 5.87. The highest BCUT2D eigenvalue weighted by molar-refractivity contribution is 6.30. The second-order valence-electron chi connectivity index (χ2n) is 4.93. The van der Waals surface area contributed by atoms with Gasteiger partial charge in [0, 0.05) is 5.02 Å². The van der Waals surface area contributed by atoms with E-state index >= 15 is 0 Å². The maximum atomic E-state index is 12.1. The SMILES string of the molecule is CCC(NC(=O)[C@@H](N)[C@@H](C)CC)c1ccc(Cl)cc1. The quantitative estimate of drug-likeness (QED) is 0.841. The fourth-order valence-electron chi connectivity index (χ4n) is 1.90. The summed E-state index contributed by atoms with van der Waals surface area (Å²) in [5.41, 5.74) is 7.00. The zero-order valence-corrected chi connectivity index (χ0v) is 12.6. The minimum absolute atomic E-state index is 0.0140. The maximum absolute atomic E-state index is 12.1. The van der Waals surface area contributed by atoms with E-state index in [9.17, 15) is 4.79 Å². The molecule has 1 amide bonds. The highest BCUT2D eigenvalue weighted by Gasteiger charge is 2.22. The lowest BCUT2D eigenvalue weighted by atomic mass is 9.98. The third kappa shape index (κ3) is 4.51. The van der Waals surface area contributed by atoms with E-state index in [-0.39, 0.29) is 17.9 Å². The Balaban J connectivity index is 2.72. The van der Waals surface area contributed by atoms with E-state index in [4.69, 9.17) is 17.3 Å². The predicted octanol–water partition coefficient (Wildman–Crippen LogP) is 3.28. The van der Waals surface area contributed by atoms with E-state index in [1.807, 2.05) is 45.0 Å². The average Bonchev–Trinajstić information content (AvgIpc) is 2.43. The van der Waals surface area contributed by atoms with Crippen molar-refractivity contribution in [2.45, 2.75) is 45.7 Å². The zero-order valence-electron chi connectivity index (χ0n) is 11.8. The summed E-state index contributed by atoms with van der Waals surface area (Å²) in [4.78, 5) is 12.1. The topological polar surface area (TPSA) is 55.1 Å². The van der Waals surface area contributed by atoms with Crippen molar-refractivity contribution in [3.05, 3.63) is 34.9 Å². The summed E-state index contributed by atoms with van der Waals surface area (Å²) in [6, 6.07) is 7.07. The molecule has 19 heavy (non-hydrogen) atoms. The van der Waals surface area contributed by atoms with Crippen molar-refractivity contribution >= 4 is 17.5 Å². The van der Waals surface area contributed by atoms with Crippen molar-refractivity contribution in [1.82, 2.24) is 5.32 Å². The Morgan fingerprint density at radius 2 is 1.84 bits per heavy atom. The first-order valence-electron chi connectivity index (χ1n) is 6.81. The van der Waals surface area contributed by atoms with Crippen LogP contribution in [0.5, 0.6) is 0 Å². The molecule has 0 aliphatic rings. The lowest BCUT2D eigenvalue weighted by molar-refractivity contribution is -0.124. The van der Waals surface area contributed by atoms with E-state index in [2.05, 4.69) is 5.32 Å². The van der Waals surface area contributed by atoms with Gasteiger partial charge in [-0.2, -0.15) is 0 Å². The van der Waals surface area contributed by atoms with Crippen LogP contribution in [0, 0.1) is 5.92 Å². The monoisotopic (exact) mass is 282 g/mol. The van der Waals surface area contributed by atoms with Gasteiger partial charge in [0.2, 0.25) is 5.91 Å². The Morgan fingerprint density at radius 3 is 2.32 bits per heavy atom. The van der Waals surface area contributed by atoms with Crippen LogP contribution in [-0.4, -0.2) is 11.9 Å². The number of hydrogen-bond acceptors (Lipinski definition) is 2. The van der Waals surface area contributed by atoms with E-state index < -0.39 is 6.04 Å². The van der Waals surface area contributed by atoms with Gasteiger partial charge < -0.3 is 11.1 Å². The van der Waals surface area contributed by atoms with Crippen LogP contribution in [0.4, 0.5) is 0 Å². The summed E-state index contributed by atoms with van der Waals surface area (Å²) in [7, 11) is 0. The van der Waals surface area contributed by atoms with E-state index in [1.165, 1.54) is 0 Å². The Kier molecular flexibility index (Phi) is 6.32. The number of nitrogens with one attached hydrogen (secondary N) is 1. The van der Waals surface area contributed by atoms with Gasteiger partial charge in [-0.05, 0) is 30.0 Å². The van der Waals surface area contributed by atoms with Gasteiger partial charge in [0.1, 0.15) is 0 Å². The number of halogens is 1. The van der Waals surface area contributed by atoms with Gasteiger partial charge in [-0.1, -0.05) is 50.9 Å². The molecule has 1 unspecified atom stereocenters. The van der Waals surface area contributed by atoms with Crippen molar-refractivity contribution in [2.24, 2.45) is 11.7 Å². The van der Waals surface area contributed by atoms with Crippen LogP contribution in [0.25, 0.3) is 0 Å². The first-order chi connectivity index (χ1) is 8.99. The van der Waals surface area contributed by atoms with E-state index in [0.29, 0.717) is 5.02 Å². The van der Waals surface area contributed by atoms with Gasteiger partial charge in [0.05, 0.1) is 12.1 Å². The molecular formula is C15H23ClN2O. The molecule has 0 heterocycles. The lowest BCUT2D eigenvalue weighted by Gasteiger charge is -2.23. The van der Waals surface area contributed by atoms with E-state index in [1.54, 1.807) is 0 Å². The number of rotatable bonds is 6. The molecule has 3 nitrogen and oxygen atoms in total. The van der Waals surface area contributed by atoms with Crippen LogP contribution in [0.1, 0.15) is 45.2 Å². The number of carbonyl (C=O) groups excluding carboxylic acids is 1. The van der Waals surface area contributed by atoms with Crippen LogP contribution < -0.4 is 11.1 Å². The highest BCUT2D eigenvalue weighted by atomic mass is 35.5. The van der Waals surface area contributed by atoms with E-state index in [0.717, 1.165) is 18.4 Å². The van der Waals surface area contributed by atoms with Gasteiger partial charge in [-0.15, -0.1) is 0 Å². The molecule has 0 radical (unpaired) electrons. The summed E-state index contributed by atoms with van der Waals surface area (Å²) in [5, 5.41) is 3.71. The molecule has 3 N–H and O–H groups in total. The number of carbonyl (C=O) groups is 1. The highest BCUT2D eigenvalue weighted by Crippen LogP contribution is 2.19. The number of benzene rings is 1. The predicted molar refractivity (Wildman–Crippen MR) is 80.1 cm³/mol. The third-order valence-corrected chi connectivity index (χ3v) is 3.81. The average molecular weight is 283 g/mol. The van der Waals surface area contributed by atoms with Crippen LogP contribution in [0.3, 0.4) is 0 Å². The molecule has 0 fully saturated rings. The molecule has 1 aromatic rings. The van der Waals surface area contributed by atoms with Crippen LogP contribution >= 0.6 is 11.6 Å². The Labute approximate surface area is 120 Å². The Morgan fingerprint density at radius 1 is 1.26 bits per heavy atom. The minimum Gasteiger partial charge on any atom is -0.348 e. The van der Waals surface area contributed by atoms with Crippen molar-refractivity contribution in [1.29, 1.82) is 0 Å². The van der Waals surface area contributed by atoms with Gasteiger partial charge in [0.15, 0.2) is 0 Å². The standard InChI is InChI=1S/C15H23ClN2O/c1-4-10(3)14(17)15(19)18-13(5-2)11-6-8-12(16)9-7-11/h6-10,13-14H,4-5,17H2,1-3H3,(H,18,19)/t10-,13?,14-/m0/s1. The summed E-state index contributed by atoms with van der Waals surface area (Å²) in [6.45, 7) is 6.07. The molecule has 0 saturated heterocycles. The second-order valence-corrected chi connectivity index (χ2v) is 5.37. The van der Waals surface area contributed by atoms with Crippen molar-refractivity contribution in [2.75, 3.05) is 0 Å². The van der Waals surface area contributed by atoms with Crippen LogP contribution in [0.2, 0.25) is 5.02 Å². The van der Waals surface area contributed by atoms with Gasteiger partial charge in [-0.25, -0.2) is 0 Å². The third-order valence-electron chi connectivity index (χ3n) is 3.56. The smallest absolute Gasteiger partial charge is 0.237 e. The molecule has 3 atom stereocenters. The van der Waals surface area contributed by atoms with Crippen LogP contribution in [-0.2, 0) is 4.79 Å². The van der Waals surface area contributed by atoms with Crippen molar-refractivity contribution < 1.29 is 4.79 Å². The Bertz CT molecular complexity index is 405. The van der Waals surface area contributed by atoms with Crippen molar-refractivity contribution in [3.8, 4) is 0 Å². The largest absolute Gasteiger partial charge is 0.348 e. The van der Waals surface area contributed by atoms with Gasteiger partial charge >= 0.3 is 0 Å². The van der Waals surface area contributed by atoms with Gasteiger partial charge in [0.25, 0.3) is 0 Å². The summed E-state index contributed by atoms with van der Waals surface area (Å²) in [6.07, 6.45) is 1.72. The van der Waals surface area contributed by atoms with Crippen molar-refractivity contribution in [3.63, 3.8) is 0 Å². The second kappa shape index (κ2) is 7.51. The minimum atomic E-state index is -0.452. The summed E-state index contributed by atoms with van der Waals surface area (Å²) in [5.74, 6) is 0.0962. The number of nitrogens with two attached hydrogens (primary N) is 1. The Hall–Kier alpha value is -1.06. The molecule has 1 aromatic carbocycles. The zero-order chi connectivity index (χ0) is 14.4. The first kappa shape index (κ1) is 16.0. The normalized spacial score (nSPS) is 15.6. The molecular weight excluding hydrogens is 260 g/mol. The lowest BCUT2D eigenvalue weighted by Crippen LogP contribution is -2.45. The van der Waals surface area contributed by atoms with Gasteiger partial charge in [-0.3, -0.25) is 4.79 Å². The molecule has 0 spiro atoms.